The Hall–Kier alpha value is -1.49. The monoisotopic (exact) mass is 179 g/mol. The van der Waals surface area contributed by atoms with E-state index in [1.54, 1.807) is 18.2 Å². The van der Waals surface area contributed by atoms with Crippen molar-refractivity contribution in [2.45, 2.75) is 0 Å². The number of aromatic nitrogens is 1. The van der Waals surface area contributed by atoms with E-state index >= 15 is 0 Å². The fraction of sp³-hybridized carbons (Fsp3) is 0. The Morgan fingerprint density at radius 2 is 2.42 bits per heavy atom. The molecule has 0 bridgehead atoms. The maximum absolute atomic E-state index is 10.7. The Labute approximate surface area is 72.3 Å². The Morgan fingerprint density at radius 1 is 1.58 bits per heavy atom. The van der Waals surface area contributed by atoms with Crippen LogP contribution in [0.2, 0.25) is 0 Å². The zero-order chi connectivity index (χ0) is 8.55. The van der Waals surface area contributed by atoms with Gasteiger partial charge in [-0.2, -0.15) is 10.2 Å². The zero-order valence-electron chi connectivity index (χ0n) is 6.02. The molecule has 0 aliphatic carbocycles. The number of benzene rings is 1. The van der Waals surface area contributed by atoms with Gasteiger partial charge in [0.1, 0.15) is 6.20 Å². The van der Waals surface area contributed by atoms with Gasteiger partial charge < -0.3 is 0 Å². The van der Waals surface area contributed by atoms with Crippen molar-refractivity contribution in [3.63, 3.8) is 0 Å². The van der Waals surface area contributed by atoms with Crippen LogP contribution in [0.4, 0.5) is 5.69 Å². The van der Waals surface area contributed by atoms with Crippen molar-refractivity contribution in [2.75, 3.05) is 0 Å². The molecule has 0 spiro atoms. The first-order chi connectivity index (χ1) is 5.77. The highest BCUT2D eigenvalue weighted by molar-refractivity contribution is 7.13. The Balaban J connectivity index is 2.68. The van der Waals surface area contributed by atoms with Gasteiger partial charge in [0.25, 0.3) is 5.69 Å². The second-order valence-electron chi connectivity index (χ2n) is 2.30. The van der Waals surface area contributed by atoms with Crippen molar-refractivity contribution < 1.29 is 4.87 Å². The molecule has 0 fully saturated rings. The van der Waals surface area contributed by atoms with Crippen LogP contribution in [-0.4, -0.2) is 9.24 Å². The molecule has 2 rings (SSSR count). The van der Waals surface area contributed by atoms with Gasteiger partial charge in [-0.15, -0.1) is 0 Å². The van der Waals surface area contributed by atoms with Crippen LogP contribution in [0.5, 0.6) is 0 Å². The predicted molar refractivity (Wildman–Crippen MR) is 45.9 cm³/mol. The second kappa shape index (κ2) is 2.53. The van der Waals surface area contributed by atoms with Crippen LogP contribution >= 0.6 is 11.5 Å². The molecular weight excluding hydrogens is 174 g/mol. The summed E-state index contributed by atoms with van der Waals surface area (Å²) in [4.78, 5) is 11.0. The van der Waals surface area contributed by atoms with E-state index in [1.165, 1.54) is 11.5 Å². The van der Waals surface area contributed by atoms with Crippen molar-refractivity contribution in [3.8, 4) is 0 Å². The Kier molecular flexibility index (Phi) is 1.51. The third-order valence-electron chi connectivity index (χ3n) is 1.53. The van der Waals surface area contributed by atoms with Crippen LogP contribution in [-0.2, 0) is 0 Å². The highest BCUT2D eigenvalue weighted by atomic mass is 32.1. The second-order valence-corrected chi connectivity index (χ2v) is 3.11. The van der Waals surface area contributed by atoms with Crippen LogP contribution in [0.3, 0.4) is 0 Å². The highest BCUT2D eigenvalue weighted by Crippen LogP contribution is 2.21. The summed E-state index contributed by atoms with van der Waals surface area (Å²) in [7, 11) is 0. The molecule has 1 heterocycles. The van der Waals surface area contributed by atoms with Crippen molar-refractivity contribution in [3.05, 3.63) is 29.3 Å². The van der Waals surface area contributed by atoms with Crippen molar-refractivity contribution in [1.82, 2.24) is 4.37 Å². The zero-order valence-corrected chi connectivity index (χ0v) is 6.84. The molecule has 1 aromatic heterocycles. The van der Waals surface area contributed by atoms with Gasteiger partial charge in [0.15, 0.2) is 4.87 Å². The summed E-state index contributed by atoms with van der Waals surface area (Å²) in [6.45, 7) is 0. The molecule has 0 saturated heterocycles. The fourth-order valence-electron chi connectivity index (χ4n) is 0.943. The third kappa shape index (κ3) is 1.04. The van der Waals surface area contributed by atoms with E-state index in [-0.39, 0.29) is 0 Å². The first-order valence-corrected chi connectivity index (χ1v) is 4.04. The van der Waals surface area contributed by atoms with Crippen LogP contribution in [0.1, 0.15) is 0 Å². The average Bonchev–Trinajstić information content (AvgIpc) is 2.49. The van der Waals surface area contributed by atoms with Gasteiger partial charge in [-0.3, -0.25) is 0 Å². The topological polar surface area (TPSA) is 59.0 Å². The summed E-state index contributed by atoms with van der Waals surface area (Å²) in [5, 5.41) is 0.823. The van der Waals surface area contributed by atoms with E-state index in [0.717, 1.165) is 10.1 Å². The molecule has 59 valence electrons. The van der Waals surface area contributed by atoms with Gasteiger partial charge in [-0.1, -0.05) is 0 Å². The fourth-order valence-corrected chi connectivity index (χ4v) is 1.52. The van der Waals surface area contributed by atoms with E-state index in [1.807, 2.05) is 0 Å². The lowest BCUT2D eigenvalue weighted by atomic mass is 10.2. The molecule has 0 aliphatic heterocycles. The maximum atomic E-state index is 10.7. The largest absolute Gasteiger partial charge is 0.292 e. The number of hydrogen-bond donors (Lipinski definition) is 1. The number of rotatable bonds is 1. The molecule has 5 heteroatoms. The number of hydrazine groups is 1. The van der Waals surface area contributed by atoms with Crippen molar-refractivity contribution in [1.29, 1.82) is 0 Å². The van der Waals surface area contributed by atoms with Gasteiger partial charge in [0.2, 0.25) is 0 Å². The first kappa shape index (κ1) is 7.17. The molecule has 4 nitrogen and oxygen atoms in total. The molecule has 0 aliphatic rings. The molecule has 0 unspecified atom stereocenters. The van der Waals surface area contributed by atoms with E-state index < -0.39 is 0 Å². The van der Waals surface area contributed by atoms with Crippen LogP contribution in [0.15, 0.2) is 18.2 Å². The molecule has 12 heavy (non-hydrogen) atoms. The van der Waals surface area contributed by atoms with Crippen LogP contribution < -0.4 is 5.84 Å². The van der Waals surface area contributed by atoms with Gasteiger partial charge in [-0.25, -0.2) is 0 Å². The molecule has 0 atom stereocenters. The van der Waals surface area contributed by atoms with Crippen molar-refractivity contribution >= 4 is 27.3 Å². The third-order valence-corrected chi connectivity index (χ3v) is 2.26. The lowest BCUT2D eigenvalue weighted by Crippen LogP contribution is -2.08. The Morgan fingerprint density at radius 3 is 3.17 bits per heavy atom. The van der Waals surface area contributed by atoms with Crippen molar-refractivity contribution in [2.24, 2.45) is 5.84 Å². The van der Waals surface area contributed by atoms with Crippen LogP contribution in [0, 0.1) is 11.1 Å². The number of hydrogen-bond acceptors (Lipinski definition) is 3. The van der Waals surface area contributed by atoms with Gasteiger partial charge >= 0.3 is 0 Å². The molecule has 1 radical (unpaired) electrons. The minimum atomic E-state index is 0.324. The first-order valence-electron chi connectivity index (χ1n) is 3.26. The molecular formula is C7H5N3OS+. The number of nitrogens with two attached hydrogens (primary N) is 1. The maximum Gasteiger partial charge on any atom is 0.292 e. The molecule has 0 amide bonds. The minimum absolute atomic E-state index is 0.324. The summed E-state index contributed by atoms with van der Waals surface area (Å²) in [5.74, 6) is 5.02. The SMILES string of the molecule is N[N+](=O)c1ccc2sn[c]c2c1. The van der Waals surface area contributed by atoms with E-state index in [9.17, 15) is 4.91 Å². The van der Waals surface area contributed by atoms with Gasteiger partial charge in [0.05, 0.1) is 9.61 Å². The standard InChI is InChI=1S/C7H5N3OS/c8-10(11)6-1-2-7-5(3-6)4-9-12-7/h1-3H,(H2,8,11)/q+1. The normalized spacial score (nSPS) is 10.3. The lowest BCUT2D eigenvalue weighted by Gasteiger charge is -1.85. The minimum Gasteiger partial charge on any atom is -0.190 e. The average molecular weight is 179 g/mol. The summed E-state index contributed by atoms with van der Waals surface area (Å²) in [5.41, 5.74) is 0.416. The summed E-state index contributed by atoms with van der Waals surface area (Å²) < 4.78 is 4.86. The van der Waals surface area contributed by atoms with Gasteiger partial charge in [-0.05, 0) is 17.6 Å². The predicted octanol–water partition coefficient (Wildman–Crippen LogP) is 1.38. The summed E-state index contributed by atoms with van der Waals surface area (Å²) in [6, 6.07) is 5.11. The quantitative estimate of drug-likeness (QED) is 0.408. The summed E-state index contributed by atoms with van der Waals surface area (Å²) >= 11 is 1.34. The van der Waals surface area contributed by atoms with E-state index in [0.29, 0.717) is 10.6 Å². The lowest BCUT2D eigenvalue weighted by molar-refractivity contribution is -0.474. The number of nitrogens with zero attached hydrogens (tertiary/aromatic N) is 2. The highest BCUT2D eigenvalue weighted by Gasteiger charge is 2.09. The van der Waals surface area contributed by atoms with Crippen LogP contribution in [0.25, 0.3) is 10.1 Å². The van der Waals surface area contributed by atoms with E-state index in [4.69, 9.17) is 5.84 Å². The molecule has 2 N–H and O–H groups in total. The Bertz CT molecular complexity index is 437. The molecule has 0 saturated carbocycles. The molecule has 1 aromatic carbocycles. The smallest absolute Gasteiger partial charge is 0.190 e. The van der Waals surface area contributed by atoms with Gasteiger partial charge in [0, 0.05) is 17.5 Å². The molecule has 2 aromatic rings. The number of fused-ring (bicyclic) bond motifs is 1. The number of nitroso groups, excluding NO2 is 1. The van der Waals surface area contributed by atoms with E-state index in [2.05, 4.69) is 10.6 Å². The summed E-state index contributed by atoms with van der Waals surface area (Å²) in [6.07, 6.45) is 2.76.